The first kappa shape index (κ1) is 13.2. The molecule has 0 amide bonds. The lowest BCUT2D eigenvalue weighted by atomic mass is 9.86. The highest BCUT2D eigenvalue weighted by molar-refractivity contribution is 6.00. The molecule has 0 spiro atoms. The topological polar surface area (TPSA) is 38.3 Å². The van der Waals surface area contributed by atoms with Crippen LogP contribution in [0.25, 0.3) is 0 Å². The summed E-state index contributed by atoms with van der Waals surface area (Å²) in [5, 5.41) is 3.19. The van der Waals surface area contributed by atoms with E-state index in [1.807, 2.05) is 24.3 Å². The van der Waals surface area contributed by atoms with E-state index in [4.69, 9.17) is 4.74 Å². The molecule has 18 heavy (non-hydrogen) atoms. The number of Topliss-reactive ketones (excluding diaryl/α,β-unsaturated/α-hetero) is 1. The van der Waals surface area contributed by atoms with Crippen molar-refractivity contribution in [2.75, 3.05) is 19.8 Å². The highest BCUT2D eigenvalue weighted by Crippen LogP contribution is 2.22. The van der Waals surface area contributed by atoms with Crippen molar-refractivity contribution in [3.63, 3.8) is 0 Å². The fourth-order valence-corrected chi connectivity index (χ4v) is 2.07. The van der Waals surface area contributed by atoms with Gasteiger partial charge >= 0.3 is 0 Å². The van der Waals surface area contributed by atoms with Crippen LogP contribution in [-0.4, -0.2) is 31.6 Å². The van der Waals surface area contributed by atoms with Gasteiger partial charge in [0.15, 0.2) is 5.78 Å². The zero-order chi connectivity index (χ0) is 13.2. The summed E-state index contributed by atoms with van der Waals surface area (Å²) in [6, 6.07) is 7.71. The maximum Gasteiger partial charge on any atom is 0.182 e. The molecule has 0 aliphatic carbocycles. The van der Waals surface area contributed by atoms with Crippen molar-refractivity contribution in [1.29, 1.82) is 0 Å². The van der Waals surface area contributed by atoms with E-state index in [0.717, 1.165) is 12.1 Å². The Morgan fingerprint density at radius 2 is 1.94 bits per heavy atom. The molecular weight excluding hydrogens is 226 g/mol. The lowest BCUT2D eigenvalue weighted by Gasteiger charge is -2.23. The summed E-state index contributed by atoms with van der Waals surface area (Å²) in [4.78, 5) is 12.2. The molecule has 98 valence electrons. The Labute approximate surface area is 109 Å². The molecule has 1 aromatic rings. The van der Waals surface area contributed by atoms with E-state index in [1.165, 1.54) is 5.56 Å². The van der Waals surface area contributed by atoms with Crippen LogP contribution in [0.3, 0.4) is 0 Å². The van der Waals surface area contributed by atoms with Crippen LogP contribution < -0.4 is 5.32 Å². The summed E-state index contributed by atoms with van der Waals surface area (Å²) in [5.74, 6) is 0.121. The van der Waals surface area contributed by atoms with Crippen molar-refractivity contribution in [3.8, 4) is 0 Å². The van der Waals surface area contributed by atoms with Gasteiger partial charge in [-0.1, -0.05) is 45.0 Å². The molecule has 1 saturated heterocycles. The molecule has 2 rings (SSSR count). The van der Waals surface area contributed by atoms with Gasteiger partial charge in [0, 0.05) is 12.1 Å². The van der Waals surface area contributed by atoms with Crippen molar-refractivity contribution >= 4 is 5.78 Å². The van der Waals surface area contributed by atoms with Gasteiger partial charge in [0.2, 0.25) is 0 Å². The molecule has 3 heteroatoms. The summed E-state index contributed by atoms with van der Waals surface area (Å²) in [6.07, 6.45) is 0. The van der Waals surface area contributed by atoms with Crippen molar-refractivity contribution in [1.82, 2.24) is 5.32 Å². The number of benzene rings is 1. The Balaban J connectivity index is 2.11. The molecule has 1 aliphatic rings. The Kier molecular flexibility index (Phi) is 3.83. The van der Waals surface area contributed by atoms with Crippen LogP contribution >= 0.6 is 0 Å². The zero-order valence-electron chi connectivity index (χ0n) is 11.3. The Morgan fingerprint density at radius 1 is 1.28 bits per heavy atom. The van der Waals surface area contributed by atoms with Gasteiger partial charge in [0.05, 0.1) is 19.3 Å². The van der Waals surface area contributed by atoms with E-state index in [9.17, 15) is 4.79 Å². The van der Waals surface area contributed by atoms with Crippen LogP contribution in [0.5, 0.6) is 0 Å². The van der Waals surface area contributed by atoms with Crippen LogP contribution in [-0.2, 0) is 10.2 Å². The summed E-state index contributed by atoms with van der Waals surface area (Å²) >= 11 is 0. The smallest absolute Gasteiger partial charge is 0.182 e. The normalized spacial score (nSPS) is 20.7. The molecule has 1 aromatic carbocycles. The molecule has 1 aliphatic heterocycles. The maximum atomic E-state index is 12.2. The first-order chi connectivity index (χ1) is 8.48. The second-order valence-corrected chi connectivity index (χ2v) is 5.77. The van der Waals surface area contributed by atoms with Gasteiger partial charge in [-0.3, -0.25) is 4.79 Å². The average Bonchev–Trinajstić information content (AvgIpc) is 2.38. The van der Waals surface area contributed by atoms with Crippen LogP contribution in [0.1, 0.15) is 36.7 Å². The van der Waals surface area contributed by atoms with Gasteiger partial charge in [-0.05, 0) is 11.0 Å². The first-order valence-electron chi connectivity index (χ1n) is 6.44. The minimum atomic E-state index is -0.195. The van der Waals surface area contributed by atoms with E-state index in [1.54, 1.807) is 0 Å². The fourth-order valence-electron chi connectivity index (χ4n) is 2.07. The molecule has 1 heterocycles. The Hall–Kier alpha value is -1.19. The summed E-state index contributed by atoms with van der Waals surface area (Å²) in [5.41, 5.74) is 2.12. The summed E-state index contributed by atoms with van der Waals surface area (Å²) in [6.45, 7) is 8.41. The SMILES string of the molecule is CC(C)(C)c1ccc(C(=O)C2COCCN2)cc1. The Morgan fingerprint density at radius 3 is 2.44 bits per heavy atom. The van der Waals surface area contributed by atoms with E-state index < -0.39 is 0 Å². The van der Waals surface area contributed by atoms with Gasteiger partial charge in [-0.15, -0.1) is 0 Å². The number of ether oxygens (including phenoxy) is 1. The third-order valence-corrected chi connectivity index (χ3v) is 3.27. The lowest BCUT2D eigenvalue weighted by molar-refractivity contribution is 0.0607. The van der Waals surface area contributed by atoms with Gasteiger partial charge in [0.25, 0.3) is 0 Å². The van der Waals surface area contributed by atoms with Gasteiger partial charge in [-0.25, -0.2) is 0 Å². The number of morpholine rings is 1. The van der Waals surface area contributed by atoms with E-state index in [0.29, 0.717) is 13.2 Å². The number of carbonyl (C=O) groups is 1. The monoisotopic (exact) mass is 247 g/mol. The average molecular weight is 247 g/mol. The van der Waals surface area contributed by atoms with Crippen molar-refractivity contribution in [2.24, 2.45) is 0 Å². The number of rotatable bonds is 2. The molecule has 1 atom stereocenters. The van der Waals surface area contributed by atoms with Gasteiger partial charge in [0.1, 0.15) is 0 Å². The third-order valence-electron chi connectivity index (χ3n) is 3.27. The van der Waals surface area contributed by atoms with E-state index in [-0.39, 0.29) is 17.2 Å². The molecule has 1 fully saturated rings. The van der Waals surface area contributed by atoms with E-state index >= 15 is 0 Å². The molecule has 0 bridgehead atoms. The molecule has 0 radical (unpaired) electrons. The molecule has 3 nitrogen and oxygen atoms in total. The zero-order valence-corrected chi connectivity index (χ0v) is 11.3. The summed E-state index contributed by atoms with van der Waals surface area (Å²) in [7, 11) is 0. The predicted molar refractivity (Wildman–Crippen MR) is 72.1 cm³/mol. The summed E-state index contributed by atoms with van der Waals surface area (Å²) < 4.78 is 5.32. The molecule has 1 unspecified atom stereocenters. The first-order valence-corrected chi connectivity index (χ1v) is 6.44. The minimum Gasteiger partial charge on any atom is -0.378 e. The number of carbonyl (C=O) groups excluding carboxylic acids is 1. The highest BCUT2D eigenvalue weighted by atomic mass is 16.5. The maximum absolute atomic E-state index is 12.2. The van der Waals surface area contributed by atoms with Crippen molar-refractivity contribution in [3.05, 3.63) is 35.4 Å². The van der Waals surface area contributed by atoms with Crippen LogP contribution in [0.15, 0.2) is 24.3 Å². The number of hydrogen-bond acceptors (Lipinski definition) is 3. The Bertz CT molecular complexity index is 411. The fraction of sp³-hybridized carbons (Fsp3) is 0.533. The van der Waals surface area contributed by atoms with Gasteiger partial charge in [-0.2, -0.15) is 0 Å². The number of nitrogens with one attached hydrogen (secondary N) is 1. The number of hydrogen-bond donors (Lipinski definition) is 1. The quantitative estimate of drug-likeness (QED) is 0.814. The van der Waals surface area contributed by atoms with Crippen LogP contribution in [0, 0.1) is 0 Å². The lowest BCUT2D eigenvalue weighted by Crippen LogP contribution is -2.46. The molecule has 0 saturated carbocycles. The van der Waals surface area contributed by atoms with Crippen molar-refractivity contribution < 1.29 is 9.53 Å². The second-order valence-electron chi connectivity index (χ2n) is 5.77. The van der Waals surface area contributed by atoms with E-state index in [2.05, 4.69) is 26.1 Å². The minimum absolute atomic E-state index is 0.119. The predicted octanol–water partition coefficient (Wildman–Crippen LogP) is 2.16. The van der Waals surface area contributed by atoms with Crippen molar-refractivity contribution in [2.45, 2.75) is 32.2 Å². The standard InChI is InChI=1S/C15H21NO2/c1-15(2,3)12-6-4-11(5-7-12)14(17)13-10-18-9-8-16-13/h4-7,13,16H,8-10H2,1-3H3. The third kappa shape index (κ3) is 2.98. The van der Waals surface area contributed by atoms with Crippen LogP contribution in [0.2, 0.25) is 0 Å². The van der Waals surface area contributed by atoms with Crippen LogP contribution in [0.4, 0.5) is 0 Å². The number of ketones is 1. The van der Waals surface area contributed by atoms with Gasteiger partial charge < -0.3 is 10.1 Å². The highest BCUT2D eigenvalue weighted by Gasteiger charge is 2.23. The largest absolute Gasteiger partial charge is 0.378 e. The molecular formula is C15H21NO2. The molecule has 1 N–H and O–H groups in total. The molecule has 0 aromatic heterocycles. The second kappa shape index (κ2) is 5.21.